The van der Waals surface area contributed by atoms with Crippen LogP contribution < -0.4 is 10.1 Å². The molecule has 0 atom stereocenters. The number of nitrogens with zero attached hydrogens (tertiary/aromatic N) is 1. The molecule has 0 radical (unpaired) electrons. The maximum atomic E-state index is 11.9. The van der Waals surface area contributed by atoms with Gasteiger partial charge in [-0.25, -0.2) is 13.4 Å². The van der Waals surface area contributed by atoms with Gasteiger partial charge in [0.1, 0.15) is 0 Å². The van der Waals surface area contributed by atoms with Crippen LogP contribution in [-0.2, 0) is 9.84 Å². The summed E-state index contributed by atoms with van der Waals surface area (Å²) < 4.78 is 28.4. The highest BCUT2D eigenvalue weighted by Crippen LogP contribution is 2.15. The molecule has 0 saturated carbocycles. The molecule has 1 aromatic heterocycles. The van der Waals surface area contributed by atoms with Crippen molar-refractivity contribution in [3.63, 3.8) is 0 Å². The van der Waals surface area contributed by atoms with Crippen LogP contribution in [-0.4, -0.2) is 42.5 Å². The molecule has 0 saturated heterocycles. The highest BCUT2D eigenvalue weighted by atomic mass is 32.2. The zero-order valence-corrected chi connectivity index (χ0v) is 14.5. The molecule has 1 rings (SSSR count). The summed E-state index contributed by atoms with van der Waals surface area (Å²) in [5.41, 5.74) is 0.365. The average Bonchev–Trinajstić information content (AvgIpc) is 2.37. The van der Waals surface area contributed by atoms with Crippen LogP contribution in [0, 0.1) is 0 Å². The molecular weight excluding hydrogens is 304 g/mol. The predicted octanol–water partition coefficient (Wildman–Crippen LogP) is 1.81. The van der Waals surface area contributed by atoms with Crippen molar-refractivity contribution in [1.82, 2.24) is 10.3 Å². The normalized spacial score (nSPS) is 12.3. The number of nitrogens with one attached hydrogen (secondary N) is 1. The van der Waals surface area contributed by atoms with Crippen molar-refractivity contribution in [3.05, 3.63) is 23.9 Å². The fraction of sp³-hybridized carbons (Fsp3) is 0.600. The lowest BCUT2D eigenvalue weighted by molar-refractivity contribution is 0.0955. The summed E-state index contributed by atoms with van der Waals surface area (Å²) in [5, 5.41) is 2.59. The summed E-state index contributed by atoms with van der Waals surface area (Å²) in [4.78, 5) is 16.0. The summed E-state index contributed by atoms with van der Waals surface area (Å²) in [7, 11) is -3.25. The van der Waals surface area contributed by atoms with Gasteiger partial charge in [-0.05, 0) is 40.7 Å². The number of hydrogen-bond acceptors (Lipinski definition) is 5. The van der Waals surface area contributed by atoms with Crippen LogP contribution in [0.4, 0.5) is 0 Å². The molecule has 0 aliphatic heterocycles. The zero-order valence-electron chi connectivity index (χ0n) is 13.7. The van der Waals surface area contributed by atoms with Gasteiger partial charge in [0.25, 0.3) is 5.91 Å². The Labute approximate surface area is 132 Å². The molecule has 1 N–H and O–H groups in total. The number of ether oxygens (including phenoxy) is 1. The quantitative estimate of drug-likeness (QED) is 0.861. The Hall–Kier alpha value is -1.63. The molecular formula is C15H24N2O4S. The Morgan fingerprint density at radius 3 is 2.41 bits per heavy atom. The van der Waals surface area contributed by atoms with Crippen molar-refractivity contribution in [2.45, 2.75) is 45.5 Å². The van der Waals surface area contributed by atoms with E-state index in [4.69, 9.17) is 4.74 Å². The standard InChI is InChI=1S/C15H24N2O4S/c1-11(2)21-13-7-6-12(10-17-13)14(18)16-8-9-22(19,20)15(3,4)5/h6-7,10-11H,8-9H2,1-5H3,(H,16,18). The number of aromatic nitrogens is 1. The number of hydrogen-bond donors (Lipinski definition) is 1. The number of amides is 1. The van der Waals surface area contributed by atoms with E-state index in [1.807, 2.05) is 13.8 Å². The second-order valence-corrected chi connectivity index (χ2v) is 9.10. The van der Waals surface area contributed by atoms with E-state index in [1.165, 1.54) is 6.20 Å². The van der Waals surface area contributed by atoms with E-state index < -0.39 is 14.6 Å². The average molecular weight is 328 g/mol. The van der Waals surface area contributed by atoms with Crippen LogP contribution in [0.3, 0.4) is 0 Å². The van der Waals surface area contributed by atoms with Crippen LogP contribution in [0.1, 0.15) is 45.0 Å². The van der Waals surface area contributed by atoms with Crippen molar-refractivity contribution < 1.29 is 17.9 Å². The molecule has 0 aliphatic rings. The van der Waals surface area contributed by atoms with E-state index in [0.29, 0.717) is 11.4 Å². The smallest absolute Gasteiger partial charge is 0.252 e. The van der Waals surface area contributed by atoms with Gasteiger partial charge in [0, 0.05) is 18.8 Å². The summed E-state index contributed by atoms with van der Waals surface area (Å²) in [6, 6.07) is 3.21. The van der Waals surface area contributed by atoms with Crippen molar-refractivity contribution >= 4 is 15.7 Å². The van der Waals surface area contributed by atoms with Crippen molar-refractivity contribution in [2.75, 3.05) is 12.3 Å². The second kappa shape index (κ2) is 7.09. The molecule has 0 aromatic carbocycles. The maximum Gasteiger partial charge on any atom is 0.252 e. The largest absolute Gasteiger partial charge is 0.475 e. The number of sulfone groups is 1. The third kappa shape index (κ3) is 5.29. The molecule has 0 aliphatic carbocycles. The third-order valence-corrected chi connectivity index (χ3v) is 5.55. The van der Waals surface area contributed by atoms with E-state index in [9.17, 15) is 13.2 Å². The molecule has 0 fully saturated rings. The van der Waals surface area contributed by atoms with E-state index >= 15 is 0 Å². The maximum absolute atomic E-state index is 11.9. The molecule has 1 amide bonds. The van der Waals surface area contributed by atoms with Crippen LogP contribution in [0.5, 0.6) is 5.88 Å². The Kier molecular flexibility index (Phi) is 5.93. The van der Waals surface area contributed by atoms with Gasteiger partial charge in [0.05, 0.1) is 22.2 Å². The van der Waals surface area contributed by atoms with Gasteiger partial charge in [-0.3, -0.25) is 4.79 Å². The van der Waals surface area contributed by atoms with Crippen molar-refractivity contribution in [1.29, 1.82) is 0 Å². The van der Waals surface area contributed by atoms with Crippen LogP contribution in [0.2, 0.25) is 0 Å². The first kappa shape index (κ1) is 18.4. The van der Waals surface area contributed by atoms with Crippen LogP contribution in [0.15, 0.2) is 18.3 Å². The van der Waals surface area contributed by atoms with E-state index in [2.05, 4.69) is 10.3 Å². The van der Waals surface area contributed by atoms with Gasteiger partial charge in [-0.2, -0.15) is 0 Å². The summed E-state index contributed by atoms with van der Waals surface area (Å²) in [6.07, 6.45) is 1.42. The number of rotatable bonds is 6. The summed E-state index contributed by atoms with van der Waals surface area (Å²) in [5.74, 6) is -0.000852. The first-order chi connectivity index (χ1) is 10.0. The Bertz CT molecular complexity index is 601. The molecule has 0 bridgehead atoms. The number of carbonyl (C=O) groups excluding carboxylic acids is 1. The molecule has 0 spiro atoms. The topological polar surface area (TPSA) is 85.4 Å². The monoisotopic (exact) mass is 328 g/mol. The third-order valence-electron chi connectivity index (χ3n) is 2.94. The number of carbonyl (C=O) groups is 1. The minimum Gasteiger partial charge on any atom is -0.475 e. The molecule has 1 aromatic rings. The molecule has 7 heteroatoms. The van der Waals surface area contributed by atoms with Gasteiger partial charge < -0.3 is 10.1 Å². The second-order valence-electron chi connectivity index (χ2n) is 6.24. The zero-order chi connectivity index (χ0) is 17.0. The minimum absolute atomic E-state index is 0.00906. The van der Waals surface area contributed by atoms with Crippen molar-refractivity contribution in [2.24, 2.45) is 0 Å². The highest BCUT2D eigenvalue weighted by Gasteiger charge is 2.28. The number of pyridine rings is 1. The van der Waals surface area contributed by atoms with Crippen LogP contribution in [0.25, 0.3) is 0 Å². The van der Waals surface area contributed by atoms with Crippen molar-refractivity contribution in [3.8, 4) is 5.88 Å². The lowest BCUT2D eigenvalue weighted by Crippen LogP contribution is -2.36. The SMILES string of the molecule is CC(C)Oc1ccc(C(=O)NCCS(=O)(=O)C(C)(C)C)cn1. The first-order valence-corrected chi connectivity index (χ1v) is 8.81. The van der Waals surface area contributed by atoms with Gasteiger partial charge >= 0.3 is 0 Å². The molecule has 1 heterocycles. The van der Waals surface area contributed by atoms with Crippen LogP contribution >= 0.6 is 0 Å². The highest BCUT2D eigenvalue weighted by molar-refractivity contribution is 7.92. The fourth-order valence-corrected chi connectivity index (χ4v) is 2.52. The lowest BCUT2D eigenvalue weighted by atomic mass is 10.2. The predicted molar refractivity (Wildman–Crippen MR) is 85.9 cm³/mol. The van der Waals surface area contributed by atoms with Gasteiger partial charge in [0.2, 0.25) is 5.88 Å². The lowest BCUT2D eigenvalue weighted by Gasteiger charge is -2.19. The summed E-state index contributed by atoms with van der Waals surface area (Å²) >= 11 is 0. The first-order valence-electron chi connectivity index (χ1n) is 7.16. The molecule has 22 heavy (non-hydrogen) atoms. The fourth-order valence-electron chi connectivity index (χ4n) is 1.53. The Morgan fingerprint density at radius 2 is 1.95 bits per heavy atom. The van der Waals surface area contributed by atoms with Gasteiger partial charge in [0.15, 0.2) is 9.84 Å². The molecule has 6 nitrogen and oxygen atoms in total. The molecule has 0 unspecified atom stereocenters. The Morgan fingerprint density at radius 1 is 1.32 bits per heavy atom. The van der Waals surface area contributed by atoms with E-state index in [0.717, 1.165) is 0 Å². The van der Waals surface area contributed by atoms with E-state index in [-0.39, 0.29) is 24.3 Å². The Balaban J connectivity index is 2.56. The molecule has 124 valence electrons. The van der Waals surface area contributed by atoms with Gasteiger partial charge in [-0.1, -0.05) is 0 Å². The van der Waals surface area contributed by atoms with Gasteiger partial charge in [-0.15, -0.1) is 0 Å². The van der Waals surface area contributed by atoms with E-state index in [1.54, 1.807) is 32.9 Å². The summed E-state index contributed by atoms with van der Waals surface area (Å²) in [6.45, 7) is 8.77. The minimum atomic E-state index is -3.25.